The minimum absolute atomic E-state index is 0.0822. The van der Waals surface area contributed by atoms with E-state index in [0.29, 0.717) is 17.5 Å². The normalized spacial score (nSPS) is 14.2. The van der Waals surface area contributed by atoms with Crippen molar-refractivity contribution in [2.24, 2.45) is 5.92 Å². The second kappa shape index (κ2) is 13.5. The van der Waals surface area contributed by atoms with Gasteiger partial charge in [-0.15, -0.1) is 6.42 Å². The Balaban J connectivity index is 3.66. The molecule has 3 unspecified atom stereocenters. The summed E-state index contributed by atoms with van der Waals surface area (Å²) in [6.07, 6.45) is 7.22. The summed E-state index contributed by atoms with van der Waals surface area (Å²) in [5.41, 5.74) is -0.397. The molecule has 7 heteroatoms. The van der Waals surface area contributed by atoms with Crippen molar-refractivity contribution in [2.45, 2.75) is 118 Å². The molecule has 0 saturated carbocycles. The van der Waals surface area contributed by atoms with Gasteiger partial charge in [0.15, 0.2) is 0 Å². The lowest BCUT2D eigenvalue weighted by molar-refractivity contribution is -0.149. The third kappa shape index (κ3) is 10.1. The number of ether oxygens (including phenoxy) is 1. The van der Waals surface area contributed by atoms with E-state index in [-0.39, 0.29) is 23.8 Å². The molecule has 37 heavy (non-hydrogen) atoms. The van der Waals surface area contributed by atoms with Gasteiger partial charge in [0.05, 0.1) is 0 Å². The lowest BCUT2D eigenvalue weighted by Crippen LogP contribution is -2.59. The van der Waals surface area contributed by atoms with Crippen LogP contribution in [0.4, 0.5) is 4.79 Å². The summed E-state index contributed by atoms with van der Waals surface area (Å²) in [7, 11) is 0. The zero-order chi connectivity index (χ0) is 28.6. The average Bonchev–Trinajstić information content (AvgIpc) is 2.74. The van der Waals surface area contributed by atoms with Crippen molar-refractivity contribution in [3.63, 3.8) is 0 Å². The molecule has 0 aliphatic heterocycles. The molecule has 1 rings (SSSR count). The first-order valence-electron chi connectivity index (χ1n) is 13.2. The van der Waals surface area contributed by atoms with Crippen LogP contribution in [0.2, 0.25) is 0 Å². The van der Waals surface area contributed by atoms with Crippen molar-refractivity contribution >= 4 is 17.9 Å². The number of terminal acetylenes is 1. The van der Waals surface area contributed by atoms with Crippen LogP contribution in [0.1, 0.15) is 106 Å². The Hall–Kier alpha value is -3.01. The van der Waals surface area contributed by atoms with Crippen molar-refractivity contribution in [2.75, 3.05) is 0 Å². The maximum absolute atomic E-state index is 14.3. The third-order valence-corrected chi connectivity index (χ3v) is 5.68. The highest BCUT2D eigenvalue weighted by atomic mass is 16.6. The minimum Gasteiger partial charge on any atom is -0.444 e. The van der Waals surface area contributed by atoms with Gasteiger partial charge in [0, 0.05) is 17.1 Å². The molecule has 3 atom stereocenters. The quantitative estimate of drug-likeness (QED) is 0.400. The zero-order valence-corrected chi connectivity index (χ0v) is 24.4. The van der Waals surface area contributed by atoms with Crippen LogP contribution >= 0.6 is 0 Å². The maximum atomic E-state index is 14.3. The molecule has 0 heterocycles. The molecule has 0 bridgehead atoms. The number of rotatable bonds is 10. The van der Waals surface area contributed by atoms with Crippen LogP contribution in [-0.4, -0.2) is 46.0 Å². The number of hydrogen-bond donors (Lipinski definition) is 2. The first-order chi connectivity index (χ1) is 17.0. The van der Waals surface area contributed by atoms with Gasteiger partial charge in [0.25, 0.3) is 0 Å². The summed E-state index contributed by atoms with van der Waals surface area (Å²) in [5, 5.41) is 5.84. The predicted octanol–water partition coefficient (Wildman–Crippen LogP) is 5.58. The summed E-state index contributed by atoms with van der Waals surface area (Å²) in [6.45, 7) is 18.9. The smallest absolute Gasteiger partial charge is 0.408 e. The molecule has 2 N–H and O–H groups in total. The number of nitrogens with zero attached hydrogens (tertiary/aromatic N) is 1. The SMILES string of the molecule is C#Cc1ccccc1C(C(=O)NC(C)CCC)N(C(=O)C(CC(C)C)NC(=O)OC(C)(C)C)C(C)(C)C. The summed E-state index contributed by atoms with van der Waals surface area (Å²) >= 11 is 0. The van der Waals surface area contributed by atoms with E-state index in [2.05, 4.69) is 23.5 Å². The largest absolute Gasteiger partial charge is 0.444 e. The molecule has 0 aliphatic rings. The van der Waals surface area contributed by atoms with E-state index in [0.717, 1.165) is 12.8 Å². The van der Waals surface area contributed by atoms with Crippen LogP contribution in [0.5, 0.6) is 0 Å². The predicted molar refractivity (Wildman–Crippen MR) is 149 cm³/mol. The standard InChI is InChI=1S/C30H47N3O4/c1-12-16-21(5)31-26(34)25(23-18-15-14-17-22(23)13-2)33(29(6,7)8)27(35)24(19-20(3)4)32-28(36)37-30(9,10)11/h2,14-15,17-18,20-21,24-25H,12,16,19H2,1,3-11H3,(H,31,34)(H,32,36). The molecule has 1 aromatic rings. The Labute approximate surface area is 224 Å². The van der Waals surface area contributed by atoms with Crippen molar-refractivity contribution in [1.82, 2.24) is 15.5 Å². The van der Waals surface area contributed by atoms with Crippen molar-refractivity contribution < 1.29 is 19.1 Å². The molecular formula is C30H47N3O4. The van der Waals surface area contributed by atoms with E-state index >= 15 is 0 Å². The van der Waals surface area contributed by atoms with Gasteiger partial charge in [-0.1, -0.05) is 51.3 Å². The van der Waals surface area contributed by atoms with E-state index in [9.17, 15) is 14.4 Å². The van der Waals surface area contributed by atoms with E-state index in [1.54, 1.807) is 37.8 Å². The van der Waals surface area contributed by atoms with Gasteiger partial charge >= 0.3 is 6.09 Å². The van der Waals surface area contributed by atoms with Gasteiger partial charge in [-0.3, -0.25) is 9.59 Å². The van der Waals surface area contributed by atoms with Crippen molar-refractivity contribution in [1.29, 1.82) is 0 Å². The van der Waals surface area contributed by atoms with E-state index in [1.807, 2.05) is 53.7 Å². The lowest BCUT2D eigenvalue weighted by Gasteiger charge is -2.43. The Bertz CT molecular complexity index is 966. The van der Waals surface area contributed by atoms with E-state index in [4.69, 9.17) is 11.2 Å². The number of amides is 3. The Morgan fingerprint density at radius 1 is 1.03 bits per heavy atom. The summed E-state index contributed by atoms with van der Waals surface area (Å²) < 4.78 is 5.45. The van der Waals surface area contributed by atoms with Gasteiger partial charge in [0.1, 0.15) is 17.7 Å². The highest BCUT2D eigenvalue weighted by molar-refractivity contribution is 5.93. The van der Waals surface area contributed by atoms with Crippen LogP contribution in [0, 0.1) is 18.3 Å². The van der Waals surface area contributed by atoms with Crippen LogP contribution in [-0.2, 0) is 14.3 Å². The average molecular weight is 514 g/mol. The fraction of sp³-hybridized carbons (Fsp3) is 0.633. The number of hydrogen-bond acceptors (Lipinski definition) is 4. The topological polar surface area (TPSA) is 87.7 Å². The fourth-order valence-corrected chi connectivity index (χ4v) is 4.25. The Morgan fingerprint density at radius 2 is 1.62 bits per heavy atom. The molecule has 0 fully saturated rings. The second-order valence-electron chi connectivity index (χ2n) is 12.0. The van der Waals surface area contributed by atoms with Gasteiger partial charge in [0.2, 0.25) is 11.8 Å². The lowest BCUT2D eigenvalue weighted by atomic mass is 9.91. The molecule has 206 valence electrons. The number of benzene rings is 1. The van der Waals surface area contributed by atoms with Crippen LogP contribution in [0.15, 0.2) is 24.3 Å². The van der Waals surface area contributed by atoms with Gasteiger partial charge in [-0.05, 0) is 78.9 Å². The summed E-state index contributed by atoms with van der Waals surface area (Å²) in [4.78, 5) is 42.4. The van der Waals surface area contributed by atoms with Crippen molar-refractivity contribution in [3.05, 3.63) is 35.4 Å². The Morgan fingerprint density at radius 3 is 2.11 bits per heavy atom. The maximum Gasteiger partial charge on any atom is 0.408 e. The first kappa shape index (κ1) is 32.0. The highest BCUT2D eigenvalue weighted by Gasteiger charge is 2.42. The highest BCUT2D eigenvalue weighted by Crippen LogP contribution is 2.32. The number of carbonyl (C=O) groups excluding carboxylic acids is 3. The number of nitrogens with one attached hydrogen (secondary N) is 2. The van der Waals surface area contributed by atoms with Gasteiger partial charge in [-0.25, -0.2) is 4.79 Å². The molecule has 0 saturated heterocycles. The monoisotopic (exact) mass is 513 g/mol. The Kier molecular flexibility index (Phi) is 11.7. The fourth-order valence-electron chi connectivity index (χ4n) is 4.25. The molecule has 0 aromatic heterocycles. The minimum atomic E-state index is -0.992. The number of carbonyl (C=O) groups is 3. The molecule has 0 radical (unpaired) electrons. The molecular weight excluding hydrogens is 466 g/mol. The van der Waals surface area contributed by atoms with Gasteiger partial charge < -0.3 is 20.3 Å². The molecule has 3 amide bonds. The molecule has 7 nitrogen and oxygen atoms in total. The van der Waals surface area contributed by atoms with Crippen LogP contribution in [0.3, 0.4) is 0 Å². The van der Waals surface area contributed by atoms with Crippen molar-refractivity contribution in [3.8, 4) is 12.3 Å². The molecule has 1 aromatic carbocycles. The number of alkyl carbamates (subject to hydrolysis) is 1. The van der Waals surface area contributed by atoms with Crippen LogP contribution in [0.25, 0.3) is 0 Å². The van der Waals surface area contributed by atoms with Crippen LogP contribution < -0.4 is 10.6 Å². The third-order valence-electron chi connectivity index (χ3n) is 5.68. The first-order valence-corrected chi connectivity index (χ1v) is 13.2. The zero-order valence-electron chi connectivity index (χ0n) is 24.4. The van der Waals surface area contributed by atoms with Gasteiger partial charge in [-0.2, -0.15) is 0 Å². The molecule has 0 aliphatic carbocycles. The van der Waals surface area contributed by atoms with E-state index in [1.165, 1.54) is 0 Å². The summed E-state index contributed by atoms with van der Waals surface area (Å²) in [5.74, 6) is 2.08. The van der Waals surface area contributed by atoms with E-state index < -0.39 is 29.3 Å². The molecule has 0 spiro atoms. The summed E-state index contributed by atoms with van der Waals surface area (Å²) in [6, 6.07) is 5.20. The second-order valence-corrected chi connectivity index (χ2v) is 12.0.